The highest BCUT2D eigenvalue weighted by Crippen LogP contribution is 2.24. The van der Waals surface area contributed by atoms with Crippen LogP contribution in [0.5, 0.6) is 5.75 Å². The first-order valence-corrected chi connectivity index (χ1v) is 13.4. The Balaban J connectivity index is 1.37. The minimum Gasteiger partial charge on any atom is -0.492 e. The quantitative estimate of drug-likeness (QED) is 0.497. The van der Waals surface area contributed by atoms with Crippen molar-refractivity contribution in [3.05, 3.63) is 58.9 Å². The number of nitrogens with zero attached hydrogens (tertiary/aromatic N) is 1. The molecule has 32 heavy (non-hydrogen) atoms. The minimum absolute atomic E-state index is 0.174. The van der Waals surface area contributed by atoms with Crippen molar-refractivity contribution >= 4 is 39.3 Å². The zero-order chi connectivity index (χ0) is 23.0. The van der Waals surface area contributed by atoms with Gasteiger partial charge in [0, 0.05) is 29.4 Å². The third kappa shape index (κ3) is 6.84. The van der Waals surface area contributed by atoms with E-state index in [0.29, 0.717) is 41.7 Å². The smallest absolute Gasteiger partial charge is 0.243 e. The number of nitrogens with one attached hydrogen (secondary N) is 1. The molecule has 0 aromatic heterocycles. The second-order valence-corrected chi connectivity index (χ2v) is 10.7. The zero-order valence-corrected chi connectivity index (χ0v) is 19.9. The van der Waals surface area contributed by atoms with E-state index in [9.17, 15) is 17.6 Å². The highest BCUT2D eigenvalue weighted by molar-refractivity contribution is 7.99. The molecule has 0 spiro atoms. The first-order chi connectivity index (χ1) is 15.4. The summed E-state index contributed by atoms with van der Waals surface area (Å²) in [5.41, 5.74) is 0.390. The van der Waals surface area contributed by atoms with Crippen molar-refractivity contribution in [1.82, 2.24) is 9.62 Å². The molecular formula is C22H26ClFN2O4S2. The summed E-state index contributed by atoms with van der Waals surface area (Å²) in [4.78, 5) is 12.2. The van der Waals surface area contributed by atoms with E-state index in [0.717, 1.165) is 19.3 Å². The second-order valence-electron chi connectivity index (χ2n) is 7.33. The zero-order valence-electron chi connectivity index (χ0n) is 17.6. The van der Waals surface area contributed by atoms with Gasteiger partial charge in [0.15, 0.2) is 0 Å². The molecule has 1 N–H and O–H groups in total. The van der Waals surface area contributed by atoms with E-state index >= 15 is 0 Å². The fourth-order valence-electron chi connectivity index (χ4n) is 3.29. The molecule has 0 atom stereocenters. The molecule has 174 valence electrons. The van der Waals surface area contributed by atoms with Gasteiger partial charge >= 0.3 is 0 Å². The van der Waals surface area contributed by atoms with Crippen molar-refractivity contribution in [2.45, 2.75) is 29.9 Å². The van der Waals surface area contributed by atoms with Gasteiger partial charge in [-0.3, -0.25) is 4.79 Å². The van der Waals surface area contributed by atoms with Gasteiger partial charge < -0.3 is 10.1 Å². The van der Waals surface area contributed by atoms with Crippen LogP contribution in [-0.4, -0.2) is 50.6 Å². The number of amides is 1. The van der Waals surface area contributed by atoms with E-state index < -0.39 is 10.0 Å². The summed E-state index contributed by atoms with van der Waals surface area (Å²) in [6, 6.07) is 10.8. The Morgan fingerprint density at radius 3 is 2.53 bits per heavy atom. The van der Waals surface area contributed by atoms with E-state index in [-0.39, 0.29) is 29.0 Å². The molecule has 1 aliphatic heterocycles. The van der Waals surface area contributed by atoms with Gasteiger partial charge in [-0.05, 0) is 49.2 Å². The van der Waals surface area contributed by atoms with Crippen molar-refractivity contribution < 1.29 is 22.3 Å². The second kappa shape index (κ2) is 11.9. The summed E-state index contributed by atoms with van der Waals surface area (Å²) in [5, 5.41) is 3.08. The number of hydrogen-bond donors (Lipinski definition) is 1. The molecule has 1 amide bonds. The molecule has 1 aliphatic rings. The largest absolute Gasteiger partial charge is 0.492 e. The number of sulfonamides is 1. The Morgan fingerprint density at radius 1 is 1.12 bits per heavy atom. The van der Waals surface area contributed by atoms with Crippen LogP contribution in [0.25, 0.3) is 0 Å². The maximum absolute atomic E-state index is 13.7. The van der Waals surface area contributed by atoms with Crippen LogP contribution in [0.1, 0.15) is 24.8 Å². The number of thioether (sulfide) groups is 1. The normalized spacial score (nSPS) is 14.8. The number of piperidine rings is 1. The lowest BCUT2D eigenvalue weighted by molar-refractivity contribution is -0.118. The third-order valence-electron chi connectivity index (χ3n) is 5.01. The fourth-order valence-corrected chi connectivity index (χ4v) is 6.00. The Morgan fingerprint density at radius 2 is 1.84 bits per heavy atom. The van der Waals surface area contributed by atoms with Crippen molar-refractivity contribution in [1.29, 1.82) is 0 Å². The van der Waals surface area contributed by atoms with E-state index in [4.69, 9.17) is 16.3 Å². The highest BCUT2D eigenvalue weighted by Gasteiger charge is 2.25. The van der Waals surface area contributed by atoms with Crippen LogP contribution in [0.3, 0.4) is 0 Å². The van der Waals surface area contributed by atoms with Crippen LogP contribution in [0, 0.1) is 5.82 Å². The fraction of sp³-hybridized carbons (Fsp3) is 0.409. The lowest BCUT2D eigenvalue weighted by atomic mass is 10.2. The van der Waals surface area contributed by atoms with Crippen molar-refractivity contribution in [2.24, 2.45) is 0 Å². The van der Waals surface area contributed by atoms with Crippen LogP contribution in [-0.2, 0) is 20.6 Å². The number of rotatable bonds is 10. The molecule has 10 heteroatoms. The predicted molar refractivity (Wildman–Crippen MR) is 125 cm³/mol. The molecule has 3 rings (SSSR count). The van der Waals surface area contributed by atoms with E-state index in [1.165, 1.54) is 22.1 Å². The van der Waals surface area contributed by atoms with Gasteiger partial charge in [-0.1, -0.05) is 24.1 Å². The van der Waals surface area contributed by atoms with Crippen LogP contribution >= 0.6 is 23.4 Å². The molecule has 1 heterocycles. The third-order valence-corrected chi connectivity index (χ3v) is 8.24. The average molecular weight is 501 g/mol. The Bertz CT molecular complexity index is 993. The number of benzene rings is 2. The predicted octanol–water partition coefficient (Wildman–Crippen LogP) is 4.08. The molecule has 0 aliphatic carbocycles. The molecule has 1 fully saturated rings. The maximum atomic E-state index is 13.7. The number of ether oxygens (including phenoxy) is 1. The summed E-state index contributed by atoms with van der Waals surface area (Å²) in [5.74, 6) is 0.443. The van der Waals surface area contributed by atoms with Crippen LogP contribution in [0.15, 0.2) is 47.4 Å². The molecule has 2 aromatic carbocycles. The van der Waals surface area contributed by atoms with E-state index in [2.05, 4.69) is 5.32 Å². The maximum Gasteiger partial charge on any atom is 0.243 e. The van der Waals surface area contributed by atoms with E-state index in [1.54, 1.807) is 36.4 Å². The standard InChI is InChI=1S/C22H26ClFN2O4S2/c23-20-5-4-6-21(24)19(20)15-31-16-22(27)25-11-14-30-17-7-9-18(10-8-17)32(28,29)26-12-2-1-3-13-26/h4-10H,1-3,11-16H2,(H,25,27). The summed E-state index contributed by atoms with van der Waals surface area (Å²) in [6.45, 7) is 1.67. The molecule has 0 unspecified atom stereocenters. The lowest BCUT2D eigenvalue weighted by Gasteiger charge is -2.25. The van der Waals surface area contributed by atoms with Crippen LogP contribution in [0.4, 0.5) is 4.39 Å². The Hall–Kier alpha value is -1.81. The summed E-state index contributed by atoms with van der Waals surface area (Å²) in [6.07, 6.45) is 2.84. The number of carbonyl (C=O) groups excluding carboxylic acids is 1. The Labute approximate surface area is 197 Å². The number of halogens is 2. The molecule has 6 nitrogen and oxygen atoms in total. The first kappa shape index (κ1) is 24.8. The van der Waals surface area contributed by atoms with Gasteiger partial charge in [-0.15, -0.1) is 11.8 Å². The average Bonchev–Trinajstić information content (AvgIpc) is 2.79. The van der Waals surface area contributed by atoms with Gasteiger partial charge in [0.1, 0.15) is 18.2 Å². The van der Waals surface area contributed by atoms with E-state index in [1.807, 2.05) is 0 Å². The van der Waals surface area contributed by atoms with Gasteiger partial charge in [-0.2, -0.15) is 4.31 Å². The number of carbonyl (C=O) groups is 1. The van der Waals surface area contributed by atoms with Gasteiger partial charge in [-0.25, -0.2) is 12.8 Å². The molecular weight excluding hydrogens is 475 g/mol. The molecule has 0 bridgehead atoms. The van der Waals surface area contributed by atoms with Crippen LogP contribution < -0.4 is 10.1 Å². The van der Waals surface area contributed by atoms with Crippen molar-refractivity contribution in [2.75, 3.05) is 32.0 Å². The molecule has 2 aromatic rings. The monoisotopic (exact) mass is 500 g/mol. The lowest BCUT2D eigenvalue weighted by Crippen LogP contribution is -2.35. The van der Waals surface area contributed by atoms with Crippen molar-refractivity contribution in [3.63, 3.8) is 0 Å². The number of hydrogen-bond acceptors (Lipinski definition) is 5. The summed E-state index contributed by atoms with van der Waals surface area (Å²) in [7, 11) is -3.46. The molecule has 0 saturated carbocycles. The first-order valence-electron chi connectivity index (χ1n) is 10.4. The van der Waals surface area contributed by atoms with Gasteiger partial charge in [0.25, 0.3) is 0 Å². The van der Waals surface area contributed by atoms with Gasteiger partial charge in [0.05, 0.1) is 17.2 Å². The topological polar surface area (TPSA) is 75.7 Å². The SMILES string of the molecule is O=C(CSCc1c(F)cccc1Cl)NCCOc1ccc(S(=O)(=O)N2CCCCC2)cc1. The highest BCUT2D eigenvalue weighted by atomic mass is 35.5. The van der Waals surface area contributed by atoms with Gasteiger partial charge in [0.2, 0.25) is 15.9 Å². The van der Waals surface area contributed by atoms with Crippen molar-refractivity contribution in [3.8, 4) is 5.75 Å². The minimum atomic E-state index is -3.46. The molecule has 1 saturated heterocycles. The molecule has 0 radical (unpaired) electrons. The summed E-state index contributed by atoms with van der Waals surface area (Å²) < 4.78 is 46.1. The Kier molecular flexibility index (Phi) is 9.22. The summed E-state index contributed by atoms with van der Waals surface area (Å²) >= 11 is 7.25. The van der Waals surface area contributed by atoms with Crippen LogP contribution in [0.2, 0.25) is 5.02 Å².